The van der Waals surface area contributed by atoms with Crippen LogP contribution in [0.1, 0.15) is 24.0 Å². The zero-order valence-electron chi connectivity index (χ0n) is 16.0. The minimum absolute atomic E-state index is 0.0379. The number of benzene rings is 1. The van der Waals surface area contributed by atoms with Gasteiger partial charge >= 0.3 is 12.2 Å². The number of ether oxygens (including phenoxy) is 1. The Balaban J connectivity index is 1.26. The lowest BCUT2D eigenvalue weighted by atomic mass is 9.91. The third kappa shape index (κ3) is 4.26. The van der Waals surface area contributed by atoms with Crippen LogP contribution < -0.4 is 0 Å². The van der Waals surface area contributed by atoms with Crippen LogP contribution in [0.3, 0.4) is 0 Å². The Morgan fingerprint density at radius 1 is 1.17 bits per heavy atom. The summed E-state index contributed by atoms with van der Waals surface area (Å²) in [5.74, 6) is -0.929. The molecule has 4 rings (SSSR count). The molecule has 1 aliphatic carbocycles. The third-order valence-electron chi connectivity index (χ3n) is 5.59. The largest absolute Gasteiger partial charge is 0.416 e. The highest BCUT2D eigenvalue weighted by Crippen LogP contribution is 2.31. The van der Waals surface area contributed by atoms with E-state index >= 15 is 0 Å². The van der Waals surface area contributed by atoms with E-state index in [0.29, 0.717) is 45.1 Å². The highest BCUT2D eigenvalue weighted by molar-refractivity contribution is 5.94. The molecule has 2 heterocycles. The van der Waals surface area contributed by atoms with E-state index in [1.54, 1.807) is 15.9 Å². The van der Waals surface area contributed by atoms with E-state index in [1.807, 2.05) is 6.08 Å². The topological polar surface area (TPSA) is 49.9 Å². The van der Waals surface area contributed by atoms with Crippen LogP contribution in [0.4, 0.5) is 22.4 Å². The van der Waals surface area contributed by atoms with E-state index in [4.69, 9.17) is 4.74 Å². The standard InChI is InChI=1S/C21H20F4N2O3/c22-19-8-16(21(23,24)25)3-1-14(19)12-30-18-10-27(11-18)20(29)26-6-5-13-2-4-17(28)7-15(13)9-26/h1-4,8,18H,5-7,9-12H2. The number of likely N-dealkylation sites (tertiary alicyclic amines) is 1. The number of rotatable bonds is 3. The minimum Gasteiger partial charge on any atom is -0.370 e. The molecule has 3 aliphatic rings. The van der Waals surface area contributed by atoms with Crippen molar-refractivity contribution in [1.82, 2.24) is 9.80 Å². The summed E-state index contributed by atoms with van der Waals surface area (Å²) in [7, 11) is 0. The number of carbonyl (C=O) groups excluding carboxylic acids is 2. The maximum absolute atomic E-state index is 13.9. The van der Waals surface area contributed by atoms with Crippen molar-refractivity contribution in [3.8, 4) is 0 Å². The number of allylic oxidation sites excluding steroid dienone is 2. The monoisotopic (exact) mass is 424 g/mol. The van der Waals surface area contributed by atoms with E-state index in [9.17, 15) is 27.2 Å². The minimum atomic E-state index is -4.60. The molecule has 0 spiro atoms. The maximum Gasteiger partial charge on any atom is 0.416 e. The number of carbonyl (C=O) groups is 2. The molecule has 9 heteroatoms. The first kappa shape index (κ1) is 20.6. The van der Waals surface area contributed by atoms with Gasteiger partial charge in [0, 0.05) is 25.1 Å². The van der Waals surface area contributed by atoms with E-state index in [1.165, 1.54) is 0 Å². The van der Waals surface area contributed by atoms with Crippen molar-refractivity contribution in [2.45, 2.75) is 31.7 Å². The average Bonchev–Trinajstić information content (AvgIpc) is 2.66. The van der Waals surface area contributed by atoms with Gasteiger partial charge in [0.15, 0.2) is 5.78 Å². The van der Waals surface area contributed by atoms with Gasteiger partial charge in [-0.3, -0.25) is 4.79 Å². The summed E-state index contributed by atoms with van der Waals surface area (Å²) in [5.41, 5.74) is 1.10. The molecule has 0 bridgehead atoms. The van der Waals surface area contributed by atoms with Gasteiger partial charge in [-0.1, -0.05) is 12.1 Å². The van der Waals surface area contributed by atoms with Crippen molar-refractivity contribution in [3.05, 3.63) is 58.4 Å². The Morgan fingerprint density at radius 3 is 2.63 bits per heavy atom. The molecule has 0 saturated carbocycles. The lowest BCUT2D eigenvalue weighted by molar-refractivity contribution is -0.137. The molecule has 1 saturated heterocycles. The lowest BCUT2D eigenvalue weighted by Gasteiger charge is -2.43. The van der Waals surface area contributed by atoms with Crippen molar-refractivity contribution < 1.29 is 31.9 Å². The molecule has 0 atom stereocenters. The van der Waals surface area contributed by atoms with Crippen LogP contribution in [0, 0.1) is 5.82 Å². The fourth-order valence-electron chi connectivity index (χ4n) is 3.79. The summed E-state index contributed by atoms with van der Waals surface area (Å²) in [4.78, 5) is 27.5. The van der Waals surface area contributed by atoms with Gasteiger partial charge in [-0.05, 0) is 35.8 Å². The number of ketones is 1. The van der Waals surface area contributed by atoms with Crippen LogP contribution in [0.15, 0.2) is 41.5 Å². The Kier molecular flexibility index (Phi) is 5.40. The van der Waals surface area contributed by atoms with Crippen LogP contribution in [-0.2, 0) is 22.3 Å². The Labute approximate surface area is 170 Å². The van der Waals surface area contributed by atoms with Crippen molar-refractivity contribution >= 4 is 11.8 Å². The number of nitrogens with zero attached hydrogens (tertiary/aromatic N) is 2. The average molecular weight is 424 g/mol. The molecule has 2 amide bonds. The molecule has 160 valence electrons. The van der Waals surface area contributed by atoms with Gasteiger partial charge < -0.3 is 14.5 Å². The van der Waals surface area contributed by atoms with Gasteiger partial charge in [0.2, 0.25) is 0 Å². The number of hydrogen-bond donors (Lipinski definition) is 0. The number of alkyl halides is 3. The van der Waals surface area contributed by atoms with Gasteiger partial charge in [-0.25, -0.2) is 9.18 Å². The maximum atomic E-state index is 13.9. The molecule has 0 unspecified atom stereocenters. The van der Waals surface area contributed by atoms with Crippen LogP contribution in [0.5, 0.6) is 0 Å². The smallest absolute Gasteiger partial charge is 0.370 e. The summed E-state index contributed by atoms with van der Waals surface area (Å²) in [5, 5.41) is 0. The lowest BCUT2D eigenvalue weighted by Crippen LogP contribution is -2.59. The highest BCUT2D eigenvalue weighted by atomic mass is 19.4. The first-order valence-corrected chi connectivity index (χ1v) is 9.63. The zero-order valence-corrected chi connectivity index (χ0v) is 16.0. The fourth-order valence-corrected chi connectivity index (χ4v) is 3.79. The number of halogens is 4. The first-order valence-electron chi connectivity index (χ1n) is 9.63. The van der Waals surface area contributed by atoms with Crippen molar-refractivity contribution in [1.29, 1.82) is 0 Å². The third-order valence-corrected chi connectivity index (χ3v) is 5.59. The summed E-state index contributed by atoms with van der Waals surface area (Å²) in [6, 6.07) is 2.21. The molecule has 1 aromatic carbocycles. The summed E-state index contributed by atoms with van der Waals surface area (Å²) < 4.78 is 57.2. The predicted octanol–water partition coefficient (Wildman–Crippen LogP) is 3.70. The second-order valence-corrected chi connectivity index (χ2v) is 7.70. The molecule has 5 nitrogen and oxygen atoms in total. The Hall–Kier alpha value is -2.68. The zero-order chi connectivity index (χ0) is 21.5. The normalized spacial score (nSPS) is 19.8. The van der Waals surface area contributed by atoms with E-state index in [0.717, 1.165) is 23.3 Å². The van der Waals surface area contributed by atoms with Gasteiger partial charge in [-0.2, -0.15) is 13.2 Å². The molecular formula is C21H20F4N2O3. The summed E-state index contributed by atoms with van der Waals surface area (Å²) >= 11 is 0. The molecule has 0 radical (unpaired) electrons. The number of hydrogen-bond acceptors (Lipinski definition) is 3. The quantitative estimate of drug-likeness (QED) is 0.696. The second kappa shape index (κ2) is 7.86. The van der Waals surface area contributed by atoms with Gasteiger partial charge in [0.1, 0.15) is 5.82 Å². The van der Waals surface area contributed by atoms with E-state index in [-0.39, 0.29) is 30.1 Å². The van der Waals surface area contributed by atoms with E-state index < -0.39 is 17.6 Å². The van der Waals surface area contributed by atoms with Crippen molar-refractivity contribution in [3.63, 3.8) is 0 Å². The summed E-state index contributed by atoms with van der Waals surface area (Å²) in [6.07, 6.45) is -0.424. The van der Waals surface area contributed by atoms with Gasteiger partial charge in [0.05, 0.1) is 31.4 Å². The van der Waals surface area contributed by atoms with Gasteiger partial charge in [-0.15, -0.1) is 0 Å². The predicted molar refractivity (Wildman–Crippen MR) is 98.9 cm³/mol. The molecule has 1 fully saturated rings. The molecule has 1 aromatic rings. The highest BCUT2D eigenvalue weighted by Gasteiger charge is 2.36. The fraction of sp³-hybridized carbons (Fsp3) is 0.429. The Bertz CT molecular complexity index is 933. The first-order chi connectivity index (χ1) is 14.2. The molecule has 2 aliphatic heterocycles. The molecule has 0 N–H and O–H groups in total. The summed E-state index contributed by atoms with van der Waals surface area (Å²) in [6.45, 7) is 1.52. The SMILES string of the molecule is O=C1C=CC2=C(C1)CN(C(=O)N1CC(OCc3ccc(C(F)(F)F)cc3F)C1)CC2. The van der Waals surface area contributed by atoms with E-state index in [2.05, 4.69) is 0 Å². The molecule has 30 heavy (non-hydrogen) atoms. The molecule has 0 aromatic heterocycles. The van der Waals surface area contributed by atoms with Crippen LogP contribution in [0.25, 0.3) is 0 Å². The van der Waals surface area contributed by atoms with Crippen LogP contribution in [0.2, 0.25) is 0 Å². The number of urea groups is 1. The van der Waals surface area contributed by atoms with Crippen molar-refractivity contribution in [2.24, 2.45) is 0 Å². The number of amides is 2. The Morgan fingerprint density at radius 2 is 1.93 bits per heavy atom. The molecular weight excluding hydrogens is 404 g/mol. The van der Waals surface area contributed by atoms with Crippen LogP contribution >= 0.6 is 0 Å². The van der Waals surface area contributed by atoms with Gasteiger partial charge in [0.25, 0.3) is 0 Å². The van der Waals surface area contributed by atoms with Crippen molar-refractivity contribution in [2.75, 3.05) is 26.2 Å². The van der Waals surface area contributed by atoms with Crippen LogP contribution in [-0.4, -0.2) is 53.9 Å². The second-order valence-electron chi connectivity index (χ2n) is 7.70.